The number of carbonyl (C=O) groups is 1. The molecule has 1 aliphatic heterocycles. The van der Waals surface area contributed by atoms with Crippen molar-refractivity contribution in [2.45, 2.75) is 39.2 Å². The molecule has 0 saturated carbocycles. The maximum Gasteiger partial charge on any atom is 0.236 e. The van der Waals surface area contributed by atoms with Gasteiger partial charge in [-0.15, -0.1) is 0 Å². The third-order valence-corrected chi connectivity index (χ3v) is 3.23. The number of nitrogens with one attached hydrogen (secondary N) is 1. The molecule has 0 radical (unpaired) electrons. The highest BCUT2D eigenvalue weighted by molar-refractivity contribution is 5.77. The van der Waals surface area contributed by atoms with Gasteiger partial charge in [-0.05, 0) is 37.0 Å². The summed E-state index contributed by atoms with van der Waals surface area (Å²) in [5, 5.41) is 1.76. The summed E-state index contributed by atoms with van der Waals surface area (Å²) in [7, 11) is 0. The maximum atomic E-state index is 11.6. The molecule has 0 bridgehead atoms. The van der Waals surface area contributed by atoms with Gasteiger partial charge in [0, 0.05) is 25.4 Å². The van der Waals surface area contributed by atoms with E-state index in [1.807, 2.05) is 12.3 Å². The molecule has 1 aliphatic rings. The van der Waals surface area contributed by atoms with Gasteiger partial charge in [-0.1, -0.05) is 6.92 Å². The van der Waals surface area contributed by atoms with Crippen molar-refractivity contribution in [2.24, 2.45) is 0 Å². The summed E-state index contributed by atoms with van der Waals surface area (Å²) in [6.45, 7) is 5.00. The van der Waals surface area contributed by atoms with Crippen molar-refractivity contribution in [3.63, 3.8) is 0 Å². The highest BCUT2D eigenvalue weighted by Gasteiger charge is 2.23. The van der Waals surface area contributed by atoms with Crippen LogP contribution < -0.4 is 5.43 Å². The number of hydrogen-bond donors (Lipinski definition) is 1. The molecule has 1 atom stereocenters. The zero-order valence-electron chi connectivity index (χ0n) is 10.4. The minimum Gasteiger partial charge on any atom is -0.277 e. The Morgan fingerprint density at radius 3 is 3.00 bits per heavy atom. The van der Waals surface area contributed by atoms with Crippen molar-refractivity contribution < 1.29 is 4.79 Å². The number of rotatable bonds is 4. The SMILES string of the molecule is CCC(NN1CCCC1=O)c1ccncc1C. The molecule has 2 heterocycles. The monoisotopic (exact) mass is 233 g/mol. The quantitative estimate of drug-likeness (QED) is 0.864. The normalized spacial score (nSPS) is 17.5. The lowest BCUT2D eigenvalue weighted by Crippen LogP contribution is -2.41. The number of hydrazine groups is 1. The van der Waals surface area contributed by atoms with E-state index in [2.05, 4.69) is 24.3 Å². The van der Waals surface area contributed by atoms with E-state index in [4.69, 9.17) is 0 Å². The third kappa shape index (κ3) is 2.64. The minimum absolute atomic E-state index is 0.194. The molecule has 0 spiro atoms. The second-order valence-corrected chi connectivity index (χ2v) is 4.47. The highest BCUT2D eigenvalue weighted by Crippen LogP contribution is 2.21. The first-order valence-corrected chi connectivity index (χ1v) is 6.19. The summed E-state index contributed by atoms with van der Waals surface area (Å²) in [5.74, 6) is 0.204. The predicted molar refractivity (Wildman–Crippen MR) is 66.1 cm³/mol. The van der Waals surface area contributed by atoms with Gasteiger partial charge in [0.2, 0.25) is 5.91 Å². The Labute approximate surface area is 102 Å². The van der Waals surface area contributed by atoms with Crippen LogP contribution in [-0.4, -0.2) is 22.4 Å². The molecule has 92 valence electrons. The molecule has 1 fully saturated rings. The van der Waals surface area contributed by atoms with Gasteiger partial charge in [-0.25, -0.2) is 5.43 Å². The number of nitrogens with zero attached hydrogens (tertiary/aromatic N) is 2. The zero-order chi connectivity index (χ0) is 12.3. The van der Waals surface area contributed by atoms with Crippen LogP contribution in [-0.2, 0) is 4.79 Å². The fourth-order valence-corrected chi connectivity index (χ4v) is 2.23. The lowest BCUT2D eigenvalue weighted by Gasteiger charge is -2.25. The Morgan fingerprint density at radius 2 is 2.41 bits per heavy atom. The number of pyridine rings is 1. The first-order valence-electron chi connectivity index (χ1n) is 6.19. The molecule has 4 heteroatoms. The number of hydrogen-bond acceptors (Lipinski definition) is 3. The van der Waals surface area contributed by atoms with Gasteiger partial charge in [-0.3, -0.25) is 14.8 Å². The Bertz CT molecular complexity index is 405. The van der Waals surface area contributed by atoms with Crippen molar-refractivity contribution in [2.75, 3.05) is 6.54 Å². The first-order chi connectivity index (χ1) is 8.22. The molecule has 17 heavy (non-hydrogen) atoms. The van der Waals surface area contributed by atoms with E-state index >= 15 is 0 Å². The predicted octanol–water partition coefficient (Wildman–Crippen LogP) is 1.97. The lowest BCUT2D eigenvalue weighted by molar-refractivity contribution is -0.131. The Hall–Kier alpha value is -1.42. The van der Waals surface area contributed by atoms with Crippen molar-refractivity contribution in [1.82, 2.24) is 15.4 Å². The second kappa shape index (κ2) is 5.27. The van der Waals surface area contributed by atoms with Crippen LogP contribution in [0, 0.1) is 6.92 Å². The average molecular weight is 233 g/mol. The van der Waals surface area contributed by atoms with Crippen LogP contribution in [0.4, 0.5) is 0 Å². The molecule has 4 nitrogen and oxygen atoms in total. The standard InChI is InChI=1S/C13H19N3O/c1-3-12(11-6-7-14-9-10(11)2)15-16-8-4-5-13(16)17/h6-7,9,12,15H,3-5,8H2,1-2H3. The number of aryl methyl sites for hydroxylation is 1. The van der Waals surface area contributed by atoms with E-state index in [0.29, 0.717) is 6.42 Å². The van der Waals surface area contributed by atoms with Crippen molar-refractivity contribution in [3.05, 3.63) is 29.6 Å². The van der Waals surface area contributed by atoms with E-state index in [1.54, 1.807) is 11.2 Å². The molecule has 1 aromatic heterocycles. The van der Waals surface area contributed by atoms with E-state index in [9.17, 15) is 4.79 Å². The molecule has 1 aromatic rings. The van der Waals surface area contributed by atoms with E-state index in [-0.39, 0.29) is 11.9 Å². The van der Waals surface area contributed by atoms with Crippen LogP contribution in [0.1, 0.15) is 43.4 Å². The fourth-order valence-electron chi connectivity index (χ4n) is 2.23. The summed E-state index contributed by atoms with van der Waals surface area (Å²) in [6, 6.07) is 2.22. The lowest BCUT2D eigenvalue weighted by atomic mass is 10.0. The van der Waals surface area contributed by atoms with Crippen LogP contribution in [0.3, 0.4) is 0 Å². The van der Waals surface area contributed by atoms with Gasteiger partial charge < -0.3 is 0 Å². The second-order valence-electron chi connectivity index (χ2n) is 4.47. The maximum absolute atomic E-state index is 11.6. The van der Waals surface area contributed by atoms with Crippen molar-refractivity contribution >= 4 is 5.91 Å². The smallest absolute Gasteiger partial charge is 0.236 e. The summed E-state index contributed by atoms with van der Waals surface area (Å²) in [4.78, 5) is 15.7. The molecular formula is C13H19N3O. The molecule has 1 N–H and O–H groups in total. The Morgan fingerprint density at radius 1 is 1.59 bits per heavy atom. The molecule has 1 saturated heterocycles. The van der Waals surface area contributed by atoms with Gasteiger partial charge in [0.05, 0.1) is 6.04 Å². The molecular weight excluding hydrogens is 214 g/mol. The highest BCUT2D eigenvalue weighted by atomic mass is 16.2. The van der Waals surface area contributed by atoms with Crippen LogP contribution in [0.5, 0.6) is 0 Å². The molecule has 0 aliphatic carbocycles. The molecule has 0 aromatic carbocycles. The van der Waals surface area contributed by atoms with Gasteiger partial charge in [0.25, 0.3) is 0 Å². The zero-order valence-corrected chi connectivity index (χ0v) is 10.4. The van der Waals surface area contributed by atoms with Crippen LogP contribution >= 0.6 is 0 Å². The summed E-state index contributed by atoms with van der Waals surface area (Å²) >= 11 is 0. The van der Waals surface area contributed by atoms with Crippen molar-refractivity contribution in [1.29, 1.82) is 0 Å². The number of amides is 1. The van der Waals surface area contributed by atoms with Crippen molar-refractivity contribution in [3.8, 4) is 0 Å². The summed E-state index contributed by atoms with van der Waals surface area (Å²) < 4.78 is 0. The van der Waals surface area contributed by atoms with Crippen LogP contribution in [0.15, 0.2) is 18.5 Å². The van der Waals surface area contributed by atoms with E-state index in [1.165, 1.54) is 11.1 Å². The number of carbonyl (C=O) groups excluding carboxylic acids is 1. The Balaban J connectivity index is 2.11. The summed E-state index contributed by atoms with van der Waals surface area (Å²) in [5.41, 5.74) is 5.72. The average Bonchev–Trinajstić information content (AvgIpc) is 2.73. The third-order valence-electron chi connectivity index (χ3n) is 3.23. The van der Waals surface area contributed by atoms with Crippen LogP contribution in [0.25, 0.3) is 0 Å². The van der Waals surface area contributed by atoms with Gasteiger partial charge in [-0.2, -0.15) is 0 Å². The first kappa shape index (κ1) is 12.0. The van der Waals surface area contributed by atoms with E-state index < -0.39 is 0 Å². The number of aromatic nitrogens is 1. The van der Waals surface area contributed by atoms with Gasteiger partial charge in [0.1, 0.15) is 0 Å². The molecule has 2 rings (SSSR count). The minimum atomic E-state index is 0.194. The van der Waals surface area contributed by atoms with E-state index in [0.717, 1.165) is 19.4 Å². The summed E-state index contributed by atoms with van der Waals surface area (Å²) in [6.07, 6.45) is 6.24. The topological polar surface area (TPSA) is 45.2 Å². The molecule has 1 amide bonds. The molecule has 1 unspecified atom stereocenters. The fraction of sp³-hybridized carbons (Fsp3) is 0.538. The Kier molecular flexibility index (Phi) is 3.74. The van der Waals surface area contributed by atoms with Crippen LogP contribution in [0.2, 0.25) is 0 Å². The van der Waals surface area contributed by atoms with Gasteiger partial charge >= 0.3 is 0 Å². The van der Waals surface area contributed by atoms with Gasteiger partial charge in [0.15, 0.2) is 0 Å². The largest absolute Gasteiger partial charge is 0.277 e.